The maximum Gasteiger partial charge on any atom is 0.147 e. The molecule has 94 valence electrons. The lowest BCUT2D eigenvalue weighted by Crippen LogP contribution is -2.18. The van der Waals surface area contributed by atoms with E-state index in [1.165, 1.54) is 5.56 Å². The fourth-order valence-corrected chi connectivity index (χ4v) is 2.11. The molecule has 0 saturated carbocycles. The Morgan fingerprint density at radius 2 is 2.17 bits per heavy atom. The van der Waals surface area contributed by atoms with Crippen LogP contribution < -0.4 is 10.6 Å². The number of anilines is 1. The summed E-state index contributed by atoms with van der Waals surface area (Å²) in [7, 11) is 1.99. The standard InChI is InChI=1S/C13H15BrN4/c1-18(9-10-3-2-4-11(14)5-10)13-8-16-7-12(6-15)17-13/h2-5,7-8H,6,9,15H2,1H3. The largest absolute Gasteiger partial charge is 0.354 e. The van der Waals surface area contributed by atoms with E-state index in [4.69, 9.17) is 5.73 Å². The highest BCUT2D eigenvalue weighted by molar-refractivity contribution is 9.10. The Labute approximate surface area is 115 Å². The van der Waals surface area contributed by atoms with E-state index in [0.29, 0.717) is 6.54 Å². The van der Waals surface area contributed by atoms with E-state index < -0.39 is 0 Å². The number of nitrogens with zero attached hydrogens (tertiary/aromatic N) is 3. The minimum atomic E-state index is 0.408. The molecule has 0 amide bonds. The molecule has 18 heavy (non-hydrogen) atoms. The molecule has 0 saturated heterocycles. The molecule has 0 radical (unpaired) electrons. The SMILES string of the molecule is CN(Cc1cccc(Br)c1)c1cncc(CN)n1. The summed E-state index contributed by atoms with van der Waals surface area (Å²) in [6.07, 6.45) is 3.44. The molecule has 2 aromatic rings. The number of halogens is 1. The van der Waals surface area contributed by atoms with Crippen LogP contribution in [0.15, 0.2) is 41.1 Å². The van der Waals surface area contributed by atoms with Crippen molar-refractivity contribution < 1.29 is 0 Å². The van der Waals surface area contributed by atoms with Gasteiger partial charge in [-0.15, -0.1) is 0 Å². The minimum Gasteiger partial charge on any atom is -0.354 e. The highest BCUT2D eigenvalue weighted by atomic mass is 79.9. The molecular formula is C13H15BrN4. The first-order valence-corrected chi connectivity index (χ1v) is 6.45. The highest BCUT2D eigenvalue weighted by Crippen LogP contribution is 2.15. The monoisotopic (exact) mass is 306 g/mol. The van der Waals surface area contributed by atoms with Crippen molar-refractivity contribution in [1.29, 1.82) is 0 Å². The van der Waals surface area contributed by atoms with Gasteiger partial charge in [0.25, 0.3) is 0 Å². The summed E-state index contributed by atoms with van der Waals surface area (Å²) in [5.41, 5.74) is 7.58. The molecule has 2 rings (SSSR count). The van der Waals surface area contributed by atoms with Gasteiger partial charge >= 0.3 is 0 Å². The predicted octanol–water partition coefficient (Wildman–Crippen LogP) is 2.33. The number of benzene rings is 1. The maximum absolute atomic E-state index is 5.56. The van der Waals surface area contributed by atoms with E-state index >= 15 is 0 Å². The van der Waals surface area contributed by atoms with Crippen molar-refractivity contribution in [3.05, 3.63) is 52.4 Å². The van der Waals surface area contributed by atoms with Crippen LogP contribution in [0.25, 0.3) is 0 Å². The smallest absolute Gasteiger partial charge is 0.147 e. The van der Waals surface area contributed by atoms with Crippen LogP contribution in [-0.4, -0.2) is 17.0 Å². The fourth-order valence-electron chi connectivity index (χ4n) is 1.67. The van der Waals surface area contributed by atoms with Gasteiger partial charge in [-0.25, -0.2) is 4.98 Å². The van der Waals surface area contributed by atoms with Gasteiger partial charge in [-0.1, -0.05) is 28.1 Å². The average Bonchev–Trinajstić information content (AvgIpc) is 2.39. The number of rotatable bonds is 4. The lowest BCUT2D eigenvalue weighted by molar-refractivity contribution is 0.864. The molecule has 0 bridgehead atoms. The number of hydrogen-bond donors (Lipinski definition) is 1. The van der Waals surface area contributed by atoms with Crippen molar-refractivity contribution in [3.8, 4) is 0 Å². The van der Waals surface area contributed by atoms with Crippen LogP contribution in [0.4, 0.5) is 5.82 Å². The molecule has 0 spiro atoms. The average molecular weight is 307 g/mol. The van der Waals surface area contributed by atoms with Crippen molar-refractivity contribution in [2.45, 2.75) is 13.1 Å². The first kappa shape index (κ1) is 13.0. The summed E-state index contributed by atoms with van der Waals surface area (Å²) < 4.78 is 1.08. The molecule has 0 aliphatic rings. The third-order valence-electron chi connectivity index (χ3n) is 2.58. The Morgan fingerprint density at radius 1 is 1.33 bits per heavy atom. The van der Waals surface area contributed by atoms with Crippen molar-refractivity contribution in [3.63, 3.8) is 0 Å². The summed E-state index contributed by atoms with van der Waals surface area (Å²) in [6, 6.07) is 8.21. The Bertz CT molecular complexity index is 530. The normalized spacial score (nSPS) is 10.4. The lowest BCUT2D eigenvalue weighted by Gasteiger charge is -2.18. The highest BCUT2D eigenvalue weighted by Gasteiger charge is 2.05. The van der Waals surface area contributed by atoms with Crippen LogP contribution >= 0.6 is 15.9 Å². The molecule has 0 aliphatic carbocycles. The second-order valence-corrected chi connectivity index (χ2v) is 4.97. The zero-order chi connectivity index (χ0) is 13.0. The van der Waals surface area contributed by atoms with E-state index in [-0.39, 0.29) is 0 Å². The molecule has 1 aromatic heterocycles. The summed E-state index contributed by atoms with van der Waals surface area (Å²) in [4.78, 5) is 10.6. The van der Waals surface area contributed by atoms with Crippen molar-refractivity contribution in [2.24, 2.45) is 5.73 Å². The molecule has 2 N–H and O–H groups in total. The number of aromatic nitrogens is 2. The zero-order valence-electron chi connectivity index (χ0n) is 10.2. The minimum absolute atomic E-state index is 0.408. The van der Waals surface area contributed by atoms with Crippen LogP contribution in [0.1, 0.15) is 11.3 Å². The summed E-state index contributed by atoms with van der Waals surface area (Å²) in [5.74, 6) is 0.831. The van der Waals surface area contributed by atoms with Gasteiger partial charge in [-0.3, -0.25) is 4.98 Å². The lowest BCUT2D eigenvalue weighted by atomic mass is 10.2. The van der Waals surface area contributed by atoms with Gasteiger partial charge in [0, 0.05) is 30.8 Å². The van der Waals surface area contributed by atoms with Crippen LogP contribution in [0, 0.1) is 0 Å². The molecule has 0 aliphatic heterocycles. The molecular weight excluding hydrogens is 292 g/mol. The number of hydrogen-bond acceptors (Lipinski definition) is 4. The summed E-state index contributed by atoms with van der Waals surface area (Å²) in [5, 5.41) is 0. The summed E-state index contributed by atoms with van der Waals surface area (Å²) in [6.45, 7) is 1.19. The van der Waals surface area contributed by atoms with Crippen LogP contribution in [0.3, 0.4) is 0 Å². The molecule has 0 unspecified atom stereocenters. The van der Waals surface area contributed by atoms with Crippen LogP contribution in [0.2, 0.25) is 0 Å². The predicted molar refractivity (Wildman–Crippen MR) is 76.2 cm³/mol. The quantitative estimate of drug-likeness (QED) is 0.942. The first-order valence-electron chi connectivity index (χ1n) is 5.65. The summed E-state index contributed by atoms with van der Waals surface area (Å²) >= 11 is 3.47. The van der Waals surface area contributed by atoms with E-state index in [1.54, 1.807) is 12.4 Å². The second-order valence-electron chi connectivity index (χ2n) is 4.06. The second kappa shape index (κ2) is 5.93. The molecule has 1 aromatic carbocycles. The molecule has 0 atom stereocenters. The van der Waals surface area contributed by atoms with E-state index in [9.17, 15) is 0 Å². The third-order valence-corrected chi connectivity index (χ3v) is 3.07. The maximum atomic E-state index is 5.56. The molecule has 0 fully saturated rings. The third kappa shape index (κ3) is 3.27. The Balaban J connectivity index is 2.13. The van der Waals surface area contributed by atoms with Gasteiger partial charge < -0.3 is 10.6 Å². The van der Waals surface area contributed by atoms with Gasteiger partial charge in [-0.05, 0) is 17.7 Å². The fraction of sp³-hybridized carbons (Fsp3) is 0.231. The molecule has 1 heterocycles. The van der Waals surface area contributed by atoms with Gasteiger partial charge in [-0.2, -0.15) is 0 Å². The zero-order valence-corrected chi connectivity index (χ0v) is 11.8. The van der Waals surface area contributed by atoms with Crippen molar-refractivity contribution >= 4 is 21.7 Å². The van der Waals surface area contributed by atoms with Crippen LogP contribution in [0.5, 0.6) is 0 Å². The van der Waals surface area contributed by atoms with E-state index in [2.05, 4.69) is 38.0 Å². The van der Waals surface area contributed by atoms with Gasteiger partial charge in [0.15, 0.2) is 0 Å². The van der Waals surface area contributed by atoms with Gasteiger partial charge in [0.05, 0.1) is 11.9 Å². The van der Waals surface area contributed by atoms with E-state index in [1.807, 2.05) is 24.1 Å². The van der Waals surface area contributed by atoms with Gasteiger partial charge in [0.2, 0.25) is 0 Å². The first-order chi connectivity index (χ1) is 8.69. The van der Waals surface area contributed by atoms with E-state index in [0.717, 1.165) is 22.5 Å². The Hall–Kier alpha value is -1.46. The van der Waals surface area contributed by atoms with Crippen LogP contribution in [-0.2, 0) is 13.1 Å². The van der Waals surface area contributed by atoms with Crippen molar-refractivity contribution in [2.75, 3.05) is 11.9 Å². The van der Waals surface area contributed by atoms with Gasteiger partial charge in [0.1, 0.15) is 5.82 Å². The molecule has 5 heteroatoms. The molecule has 4 nitrogen and oxygen atoms in total. The number of nitrogens with two attached hydrogens (primary N) is 1. The Kier molecular flexibility index (Phi) is 4.28. The Morgan fingerprint density at radius 3 is 2.89 bits per heavy atom. The topological polar surface area (TPSA) is 55.0 Å². The van der Waals surface area contributed by atoms with Crippen molar-refractivity contribution in [1.82, 2.24) is 9.97 Å².